The molecule has 6 nitrogen and oxygen atoms in total. The largest absolute Gasteiger partial charge is 0.497 e. The Morgan fingerprint density at radius 3 is 2.77 bits per heavy atom. The second-order valence-corrected chi connectivity index (χ2v) is 5.82. The monoisotopic (exact) mass is 348 g/mol. The first-order valence-electron chi connectivity index (χ1n) is 8.01. The number of furan rings is 1. The van der Waals surface area contributed by atoms with Crippen LogP contribution in [0.5, 0.6) is 17.2 Å². The molecule has 0 aliphatic heterocycles. The van der Waals surface area contributed by atoms with Gasteiger partial charge in [0.05, 0.1) is 23.6 Å². The van der Waals surface area contributed by atoms with Crippen molar-refractivity contribution in [2.45, 2.75) is 6.92 Å². The second kappa shape index (κ2) is 6.07. The molecule has 2 heterocycles. The van der Waals surface area contributed by atoms with Gasteiger partial charge in [-0.25, -0.2) is 0 Å². The summed E-state index contributed by atoms with van der Waals surface area (Å²) in [5.41, 5.74) is 7.15. The SMILES string of the molecule is COc1ccc2c(Oc3cccc4oc(C)c(C(N)=O)c34)ccnc2c1. The van der Waals surface area contributed by atoms with Gasteiger partial charge < -0.3 is 19.6 Å². The lowest BCUT2D eigenvalue weighted by atomic mass is 10.1. The highest BCUT2D eigenvalue weighted by Gasteiger charge is 2.20. The number of nitrogens with two attached hydrogens (primary N) is 1. The second-order valence-electron chi connectivity index (χ2n) is 5.82. The van der Waals surface area contributed by atoms with Gasteiger partial charge in [0, 0.05) is 17.6 Å². The van der Waals surface area contributed by atoms with Crippen molar-refractivity contribution in [3.8, 4) is 17.2 Å². The molecule has 0 aliphatic carbocycles. The van der Waals surface area contributed by atoms with E-state index in [4.69, 9.17) is 19.6 Å². The highest BCUT2D eigenvalue weighted by atomic mass is 16.5. The topological polar surface area (TPSA) is 87.6 Å². The van der Waals surface area contributed by atoms with Gasteiger partial charge in [0.1, 0.15) is 28.6 Å². The van der Waals surface area contributed by atoms with E-state index in [2.05, 4.69) is 4.98 Å². The summed E-state index contributed by atoms with van der Waals surface area (Å²) in [4.78, 5) is 16.2. The Morgan fingerprint density at radius 1 is 1.15 bits per heavy atom. The molecule has 0 radical (unpaired) electrons. The zero-order valence-electron chi connectivity index (χ0n) is 14.3. The quantitative estimate of drug-likeness (QED) is 0.597. The fourth-order valence-corrected chi connectivity index (χ4v) is 3.05. The van der Waals surface area contributed by atoms with E-state index >= 15 is 0 Å². The molecule has 1 amide bonds. The smallest absolute Gasteiger partial charge is 0.253 e. The lowest BCUT2D eigenvalue weighted by Gasteiger charge is -2.10. The minimum absolute atomic E-state index is 0.329. The number of fused-ring (bicyclic) bond motifs is 2. The Balaban J connectivity index is 1.88. The predicted octanol–water partition coefficient (Wildman–Crippen LogP) is 4.19. The number of amides is 1. The molecule has 0 atom stereocenters. The Morgan fingerprint density at radius 2 is 2.00 bits per heavy atom. The molecule has 2 aromatic carbocycles. The number of ether oxygens (including phenoxy) is 2. The summed E-state index contributed by atoms with van der Waals surface area (Å²) in [6, 6.07) is 12.7. The molecule has 130 valence electrons. The van der Waals surface area contributed by atoms with E-state index in [9.17, 15) is 4.79 Å². The first-order chi connectivity index (χ1) is 12.6. The minimum atomic E-state index is -0.554. The van der Waals surface area contributed by atoms with Crippen molar-refractivity contribution in [1.29, 1.82) is 0 Å². The molecule has 2 N–H and O–H groups in total. The van der Waals surface area contributed by atoms with Gasteiger partial charge >= 0.3 is 0 Å². The van der Waals surface area contributed by atoms with Crippen LogP contribution >= 0.6 is 0 Å². The number of nitrogens with zero attached hydrogens (tertiary/aromatic N) is 1. The number of carbonyl (C=O) groups is 1. The van der Waals surface area contributed by atoms with Crippen LogP contribution in [0, 0.1) is 6.92 Å². The Hall–Kier alpha value is -3.54. The van der Waals surface area contributed by atoms with E-state index in [1.165, 1.54) is 0 Å². The molecule has 0 saturated carbocycles. The first kappa shape index (κ1) is 16.0. The lowest BCUT2D eigenvalue weighted by Crippen LogP contribution is -2.11. The number of pyridine rings is 1. The van der Waals surface area contributed by atoms with Crippen molar-refractivity contribution in [1.82, 2.24) is 4.98 Å². The summed E-state index contributed by atoms with van der Waals surface area (Å²) in [5, 5.41) is 1.39. The van der Waals surface area contributed by atoms with Crippen molar-refractivity contribution in [2.24, 2.45) is 5.73 Å². The predicted molar refractivity (Wildman–Crippen MR) is 97.8 cm³/mol. The van der Waals surface area contributed by atoms with Crippen LogP contribution in [-0.4, -0.2) is 18.0 Å². The number of benzene rings is 2. The van der Waals surface area contributed by atoms with E-state index < -0.39 is 5.91 Å². The standard InChI is InChI=1S/C20H16N2O4/c1-11-18(20(21)23)19-16(25-11)4-3-5-17(19)26-15-8-9-22-14-10-12(24-2)6-7-13(14)15/h3-10H,1-2H3,(H2,21,23). The highest BCUT2D eigenvalue weighted by Crippen LogP contribution is 2.37. The third-order valence-corrected chi connectivity index (χ3v) is 4.23. The summed E-state index contributed by atoms with van der Waals surface area (Å²) in [6.07, 6.45) is 1.66. The van der Waals surface area contributed by atoms with Gasteiger partial charge in [-0.2, -0.15) is 0 Å². The molecule has 0 spiro atoms. The molecular weight excluding hydrogens is 332 g/mol. The van der Waals surface area contributed by atoms with Gasteiger partial charge in [-0.05, 0) is 37.3 Å². The van der Waals surface area contributed by atoms with E-state index in [0.29, 0.717) is 39.5 Å². The molecule has 0 unspecified atom stereocenters. The van der Waals surface area contributed by atoms with Crippen molar-refractivity contribution >= 4 is 27.8 Å². The number of aryl methyl sites for hydroxylation is 1. The fraction of sp³-hybridized carbons (Fsp3) is 0.100. The maximum Gasteiger partial charge on any atom is 0.253 e. The van der Waals surface area contributed by atoms with Crippen LogP contribution in [0.25, 0.3) is 21.9 Å². The van der Waals surface area contributed by atoms with Crippen molar-refractivity contribution in [3.05, 3.63) is 60.0 Å². The normalized spacial score (nSPS) is 11.0. The Kier molecular flexibility index (Phi) is 3.73. The molecule has 0 bridgehead atoms. The van der Waals surface area contributed by atoms with Crippen LogP contribution < -0.4 is 15.2 Å². The van der Waals surface area contributed by atoms with Gasteiger partial charge in [0.2, 0.25) is 0 Å². The number of rotatable bonds is 4. The maximum atomic E-state index is 11.9. The van der Waals surface area contributed by atoms with E-state index in [1.807, 2.05) is 18.2 Å². The number of hydrogen-bond donors (Lipinski definition) is 1. The number of primary amides is 1. The Labute approximate surface area is 149 Å². The summed E-state index contributed by atoms with van der Waals surface area (Å²) >= 11 is 0. The van der Waals surface area contributed by atoms with Crippen LogP contribution in [0.3, 0.4) is 0 Å². The summed E-state index contributed by atoms with van der Waals surface area (Å²) < 4.78 is 17.0. The van der Waals surface area contributed by atoms with Crippen molar-refractivity contribution in [2.75, 3.05) is 7.11 Å². The molecule has 26 heavy (non-hydrogen) atoms. The van der Waals surface area contributed by atoms with Crippen LogP contribution in [0.15, 0.2) is 53.1 Å². The molecule has 4 rings (SSSR count). The van der Waals surface area contributed by atoms with E-state index in [1.54, 1.807) is 44.5 Å². The van der Waals surface area contributed by atoms with Crippen LogP contribution in [0.4, 0.5) is 0 Å². The third kappa shape index (κ3) is 2.52. The summed E-state index contributed by atoms with van der Waals surface area (Å²) in [7, 11) is 1.61. The Bertz CT molecular complexity index is 1150. The molecular formula is C20H16N2O4. The zero-order chi connectivity index (χ0) is 18.3. The van der Waals surface area contributed by atoms with Gasteiger partial charge in [0.15, 0.2) is 0 Å². The number of aromatic nitrogens is 1. The van der Waals surface area contributed by atoms with Gasteiger partial charge in [-0.1, -0.05) is 6.07 Å². The highest BCUT2D eigenvalue weighted by molar-refractivity contribution is 6.08. The molecule has 4 aromatic rings. The minimum Gasteiger partial charge on any atom is -0.497 e. The molecule has 0 aliphatic rings. The number of carbonyl (C=O) groups excluding carboxylic acids is 1. The van der Waals surface area contributed by atoms with E-state index in [0.717, 1.165) is 10.9 Å². The van der Waals surface area contributed by atoms with Crippen molar-refractivity contribution in [3.63, 3.8) is 0 Å². The number of methoxy groups -OCH3 is 1. The number of hydrogen-bond acceptors (Lipinski definition) is 5. The van der Waals surface area contributed by atoms with Crippen molar-refractivity contribution < 1.29 is 18.7 Å². The average molecular weight is 348 g/mol. The van der Waals surface area contributed by atoms with Crippen LogP contribution in [-0.2, 0) is 0 Å². The molecule has 2 aromatic heterocycles. The first-order valence-corrected chi connectivity index (χ1v) is 8.01. The fourth-order valence-electron chi connectivity index (χ4n) is 3.05. The maximum absolute atomic E-state index is 11.9. The summed E-state index contributed by atoms with van der Waals surface area (Å²) in [6.45, 7) is 1.71. The average Bonchev–Trinajstić information content (AvgIpc) is 2.98. The van der Waals surface area contributed by atoms with Gasteiger partial charge in [-0.3, -0.25) is 9.78 Å². The lowest BCUT2D eigenvalue weighted by molar-refractivity contribution is 0.1000. The zero-order valence-corrected chi connectivity index (χ0v) is 14.3. The summed E-state index contributed by atoms with van der Waals surface area (Å²) in [5.74, 6) is 1.73. The van der Waals surface area contributed by atoms with Crippen LogP contribution in [0.2, 0.25) is 0 Å². The van der Waals surface area contributed by atoms with Gasteiger partial charge in [-0.15, -0.1) is 0 Å². The van der Waals surface area contributed by atoms with Crippen LogP contribution in [0.1, 0.15) is 16.1 Å². The van der Waals surface area contributed by atoms with Gasteiger partial charge in [0.25, 0.3) is 5.91 Å². The van der Waals surface area contributed by atoms with E-state index in [-0.39, 0.29) is 0 Å². The third-order valence-electron chi connectivity index (χ3n) is 4.23. The molecule has 6 heteroatoms. The molecule has 0 fully saturated rings. The molecule has 0 saturated heterocycles.